The van der Waals surface area contributed by atoms with Crippen molar-refractivity contribution in [2.24, 2.45) is 16.5 Å². The summed E-state index contributed by atoms with van der Waals surface area (Å²) < 4.78 is 5.34. The van der Waals surface area contributed by atoms with Gasteiger partial charge in [0.05, 0.1) is 0 Å². The molecule has 0 aliphatic rings. The second kappa shape index (κ2) is 6.76. The predicted octanol–water partition coefficient (Wildman–Crippen LogP) is 2.84. The molecule has 2 rings (SSSR count). The maximum atomic E-state index is 11.7. The molecule has 2 aromatic carbocycles. The molecule has 0 saturated carbocycles. The van der Waals surface area contributed by atoms with E-state index >= 15 is 0 Å². The highest BCUT2D eigenvalue weighted by Gasteiger charge is 2.18. The van der Waals surface area contributed by atoms with E-state index in [1.165, 1.54) is 0 Å². The highest BCUT2D eigenvalue weighted by atomic mass is 35.5. The summed E-state index contributed by atoms with van der Waals surface area (Å²) in [6.45, 7) is 0. The van der Waals surface area contributed by atoms with E-state index in [0.29, 0.717) is 5.02 Å². The van der Waals surface area contributed by atoms with Gasteiger partial charge in [-0.3, -0.25) is 0 Å². The second-order valence-electron chi connectivity index (χ2n) is 4.26. The van der Waals surface area contributed by atoms with E-state index in [1.807, 2.05) is 30.3 Å². The Morgan fingerprint density at radius 1 is 1.00 bits per heavy atom. The van der Waals surface area contributed by atoms with Crippen LogP contribution in [-0.4, -0.2) is 12.1 Å². The van der Waals surface area contributed by atoms with Crippen molar-refractivity contribution in [2.75, 3.05) is 0 Å². The third-order valence-corrected chi connectivity index (χ3v) is 2.97. The van der Waals surface area contributed by atoms with Gasteiger partial charge >= 0.3 is 6.09 Å². The molecule has 0 aromatic heterocycles. The first-order valence-electron chi connectivity index (χ1n) is 6.17. The van der Waals surface area contributed by atoms with Crippen LogP contribution in [0.3, 0.4) is 0 Å². The molecule has 1 atom stereocenters. The van der Waals surface area contributed by atoms with Crippen LogP contribution in [0.4, 0.5) is 4.79 Å². The number of hydrogen-bond donors (Lipinski definition) is 2. The van der Waals surface area contributed by atoms with Gasteiger partial charge in [-0.2, -0.15) is 0 Å². The van der Waals surface area contributed by atoms with Gasteiger partial charge in [-0.15, -0.1) is 4.99 Å². The molecule has 4 N–H and O–H groups in total. The number of benzene rings is 2. The number of guanidine groups is 1. The molecule has 108 valence electrons. The lowest BCUT2D eigenvalue weighted by atomic mass is 10.0. The molecule has 21 heavy (non-hydrogen) atoms. The maximum absolute atomic E-state index is 11.7. The van der Waals surface area contributed by atoms with Gasteiger partial charge in [0.15, 0.2) is 12.1 Å². The average Bonchev–Trinajstić information content (AvgIpc) is 2.46. The first kappa shape index (κ1) is 14.9. The molecule has 2 aromatic rings. The van der Waals surface area contributed by atoms with Gasteiger partial charge in [0.2, 0.25) is 0 Å². The van der Waals surface area contributed by atoms with Gasteiger partial charge < -0.3 is 16.2 Å². The fourth-order valence-corrected chi connectivity index (χ4v) is 1.95. The molecule has 0 saturated heterocycles. The zero-order chi connectivity index (χ0) is 15.2. The van der Waals surface area contributed by atoms with Gasteiger partial charge in [-0.1, -0.05) is 54.1 Å². The van der Waals surface area contributed by atoms with Crippen LogP contribution in [-0.2, 0) is 4.74 Å². The number of ether oxygens (including phenoxy) is 1. The Morgan fingerprint density at radius 2 is 1.57 bits per heavy atom. The molecule has 5 nitrogen and oxygen atoms in total. The van der Waals surface area contributed by atoms with Gasteiger partial charge in [0, 0.05) is 5.02 Å². The molecule has 0 heterocycles. The summed E-state index contributed by atoms with van der Waals surface area (Å²) in [7, 11) is 0. The lowest BCUT2D eigenvalue weighted by molar-refractivity contribution is 0.127. The third-order valence-electron chi connectivity index (χ3n) is 2.71. The van der Waals surface area contributed by atoms with Crippen LogP contribution < -0.4 is 11.5 Å². The minimum atomic E-state index is -0.848. The number of hydrogen-bond acceptors (Lipinski definition) is 2. The molecule has 1 unspecified atom stereocenters. The number of amides is 1. The van der Waals surface area contributed by atoms with Gasteiger partial charge in [-0.05, 0) is 23.3 Å². The summed E-state index contributed by atoms with van der Waals surface area (Å²) in [5.74, 6) is -0.345. The number of carbonyl (C=O) groups is 1. The van der Waals surface area contributed by atoms with Crippen LogP contribution in [0, 0.1) is 0 Å². The Bertz CT molecular complexity index is 638. The zero-order valence-electron chi connectivity index (χ0n) is 11.1. The lowest BCUT2D eigenvalue weighted by Crippen LogP contribution is -2.25. The quantitative estimate of drug-likeness (QED) is 0.674. The van der Waals surface area contributed by atoms with Crippen molar-refractivity contribution in [2.45, 2.75) is 6.10 Å². The standard InChI is InChI=1S/C15H14ClN3O2/c16-12-8-6-11(7-9-12)13(10-4-2-1-3-5-10)21-15(20)19-14(17)18/h1-9,13H,(H4,17,18,19,20). The van der Waals surface area contributed by atoms with Crippen molar-refractivity contribution in [3.05, 3.63) is 70.7 Å². The molecule has 0 aliphatic carbocycles. The SMILES string of the molecule is NC(N)=NC(=O)OC(c1ccccc1)c1ccc(Cl)cc1. The normalized spacial score (nSPS) is 11.5. The van der Waals surface area contributed by atoms with E-state index in [2.05, 4.69) is 4.99 Å². The van der Waals surface area contributed by atoms with Crippen LogP contribution >= 0.6 is 11.6 Å². The number of halogens is 1. The monoisotopic (exact) mass is 303 g/mol. The number of nitrogens with two attached hydrogens (primary N) is 2. The third kappa shape index (κ3) is 4.22. The predicted molar refractivity (Wildman–Crippen MR) is 82.0 cm³/mol. The van der Waals surface area contributed by atoms with E-state index in [9.17, 15) is 4.79 Å². The summed E-state index contributed by atoms with van der Waals surface area (Å²) in [4.78, 5) is 15.1. The number of carbonyl (C=O) groups excluding carboxylic acids is 1. The summed E-state index contributed by atoms with van der Waals surface area (Å²) in [6.07, 6.45) is -1.46. The van der Waals surface area contributed by atoms with E-state index in [-0.39, 0.29) is 5.96 Å². The maximum Gasteiger partial charge on any atom is 0.437 e. The Labute approximate surface area is 127 Å². The van der Waals surface area contributed by atoms with Gasteiger partial charge in [0.1, 0.15) is 0 Å². The minimum Gasteiger partial charge on any atom is -0.435 e. The molecule has 0 fully saturated rings. The highest BCUT2D eigenvalue weighted by Crippen LogP contribution is 2.27. The Hall–Kier alpha value is -2.53. The van der Waals surface area contributed by atoms with Crippen molar-refractivity contribution in [3.63, 3.8) is 0 Å². The number of rotatable bonds is 3. The summed E-state index contributed by atoms with van der Waals surface area (Å²) in [5, 5.41) is 0.598. The number of aliphatic imine (C=N–C) groups is 1. The Kier molecular flexibility index (Phi) is 4.79. The van der Waals surface area contributed by atoms with Crippen molar-refractivity contribution in [1.29, 1.82) is 0 Å². The molecule has 0 radical (unpaired) electrons. The van der Waals surface area contributed by atoms with E-state index in [4.69, 9.17) is 27.8 Å². The van der Waals surface area contributed by atoms with E-state index in [0.717, 1.165) is 11.1 Å². The largest absolute Gasteiger partial charge is 0.437 e. The first-order valence-corrected chi connectivity index (χ1v) is 6.54. The molecular weight excluding hydrogens is 290 g/mol. The van der Waals surface area contributed by atoms with E-state index in [1.54, 1.807) is 24.3 Å². The molecule has 1 amide bonds. The molecular formula is C15H14ClN3O2. The van der Waals surface area contributed by atoms with Crippen molar-refractivity contribution >= 4 is 23.7 Å². The van der Waals surface area contributed by atoms with Gasteiger partial charge in [-0.25, -0.2) is 4.79 Å². The van der Waals surface area contributed by atoms with Crippen LogP contribution in [0.25, 0.3) is 0 Å². The molecule has 0 spiro atoms. The van der Waals surface area contributed by atoms with Crippen molar-refractivity contribution in [1.82, 2.24) is 0 Å². The highest BCUT2D eigenvalue weighted by molar-refractivity contribution is 6.30. The first-order chi connectivity index (χ1) is 10.1. The second-order valence-corrected chi connectivity index (χ2v) is 4.70. The average molecular weight is 304 g/mol. The van der Waals surface area contributed by atoms with Crippen LogP contribution in [0.1, 0.15) is 17.2 Å². The lowest BCUT2D eigenvalue weighted by Gasteiger charge is -2.17. The van der Waals surface area contributed by atoms with Crippen LogP contribution in [0.15, 0.2) is 59.6 Å². The van der Waals surface area contributed by atoms with Crippen LogP contribution in [0.2, 0.25) is 5.02 Å². The Balaban J connectivity index is 2.33. The zero-order valence-corrected chi connectivity index (χ0v) is 11.8. The molecule has 0 bridgehead atoms. The fourth-order valence-electron chi connectivity index (χ4n) is 1.83. The number of nitrogens with zero attached hydrogens (tertiary/aromatic N) is 1. The van der Waals surface area contributed by atoms with E-state index < -0.39 is 12.2 Å². The van der Waals surface area contributed by atoms with Gasteiger partial charge in [0.25, 0.3) is 0 Å². The summed E-state index contributed by atoms with van der Waals surface area (Å²) in [5.41, 5.74) is 11.9. The topological polar surface area (TPSA) is 90.7 Å². The Morgan fingerprint density at radius 3 is 2.14 bits per heavy atom. The van der Waals surface area contributed by atoms with Crippen molar-refractivity contribution < 1.29 is 9.53 Å². The minimum absolute atomic E-state index is 0.345. The summed E-state index contributed by atoms with van der Waals surface area (Å²) in [6, 6.07) is 16.3. The van der Waals surface area contributed by atoms with Crippen molar-refractivity contribution in [3.8, 4) is 0 Å². The molecule has 6 heteroatoms. The smallest absolute Gasteiger partial charge is 0.435 e. The fraction of sp³-hybridized carbons (Fsp3) is 0.0667. The molecule has 0 aliphatic heterocycles. The van der Waals surface area contributed by atoms with Crippen LogP contribution in [0.5, 0.6) is 0 Å². The summed E-state index contributed by atoms with van der Waals surface area (Å²) >= 11 is 5.87.